The topological polar surface area (TPSA) is 84.9 Å². The SMILES string of the molecule is Cc1cc(=O)c2c(ccc3c(N)noc32)[nH]1. The van der Waals surface area contributed by atoms with Crippen LogP contribution in [0.4, 0.5) is 5.82 Å². The second-order valence-electron chi connectivity index (χ2n) is 3.75. The largest absolute Gasteiger partial charge is 0.380 e. The fraction of sp³-hybridized carbons (Fsp3) is 0.0909. The monoisotopic (exact) mass is 215 g/mol. The van der Waals surface area contributed by atoms with Crippen molar-refractivity contribution in [1.29, 1.82) is 0 Å². The second kappa shape index (κ2) is 2.85. The van der Waals surface area contributed by atoms with E-state index in [0.29, 0.717) is 22.2 Å². The number of pyridine rings is 1. The summed E-state index contributed by atoms with van der Waals surface area (Å²) in [7, 11) is 0. The van der Waals surface area contributed by atoms with E-state index in [2.05, 4.69) is 10.1 Å². The molecule has 0 saturated carbocycles. The molecular weight excluding hydrogens is 206 g/mol. The van der Waals surface area contributed by atoms with Gasteiger partial charge in [-0.2, -0.15) is 0 Å². The summed E-state index contributed by atoms with van der Waals surface area (Å²) in [6.07, 6.45) is 0. The van der Waals surface area contributed by atoms with Crippen molar-refractivity contribution in [2.45, 2.75) is 6.92 Å². The van der Waals surface area contributed by atoms with Crippen molar-refractivity contribution in [3.05, 3.63) is 34.1 Å². The molecule has 0 bridgehead atoms. The summed E-state index contributed by atoms with van der Waals surface area (Å²) in [4.78, 5) is 15.0. The first-order valence-electron chi connectivity index (χ1n) is 4.84. The third-order valence-corrected chi connectivity index (χ3v) is 2.59. The molecule has 0 aliphatic heterocycles. The van der Waals surface area contributed by atoms with Gasteiger partial charge in [0.15, 0.2) is 16.8 Å². The molecule has 0 amide bonds. The first-order valence-corrected chi connectivity index (χ1v) is 4.84. The number of nitrogens with two attached hydrogens (primary N) is 1. The van der Waals surface area contributed by atoms with Gasteiger partial charge in [0.1, 0.15) is 0 Å². The zero-order valence-corrected chi connectivity index (χ0v) is 8.57. The number of nitrogens with zero attached hydrogens (tertiary/aromatic N) is 1. The lowest BCUT2D eigenvalue weighted by molar-refractivity contribution is 0.462. The van der Waals surface area contributed by atoms with Gasteiger partial charge >= 0.3 is 0 Å². The lowest BCUT2D eigenvalue weighted by atomic mass is 10.1. The summed E-state index contributed by atoms with van der Waals surface area (Å²) in [5.74, 6) is 0.303. The van der Waals surface area contributed by atoms with Gasteiger partial charge in [0.05, 0.1) is 16.3 Å². The van der Waals surface area contributed by atoms with Crippen molar-refractivity contribution < 1.29 is 4.52 Å². The highest BCUT2D eigenvalue weighted by molar-refractivity contribution is 6.05. The van der Waals surface area contributed by atoms with E-state index in [9.17, 15) is 4.79 Å². The number of aromatic nitrogens is 2. The molecular formula is C11H9N3O2. The number of fused-ring (bicyclic) bond motifs is 3. The van der Waals surface area contributed by atoms with Gasteiger partial charge in [0.2, 0.25) is 0 Å². The summed E-state index contributed by atoms with van der Waals surface area (Å²) in [6, 6.07) is 5.12. The Bertz CT molecular complexity index is 755. The molecule has 1 aromatic carbocycles. The fourth-order valence-corrected chi connectivity index (χ4v) is 1.89. The van der Waals surface area contributed by atoms with Gasteiger partial charge in [-0.05, 0) is 19.1 Å². The summed E-state index contributed by atoms with van der Waals surface area (Å²) < 4.78 is 5.09. The van der Waals surface area contributed by atoms with Crippen molar-refractivity contribution in [1.82, 2.24) is 10.1 Å². The predicted molar refractivity (Wildman–Crippen MR) is 61.3 cm³/mol. The van der Waals surface area contributed by atoms with E-state index in [-0.39, 0.29) is 5.43 Å². The van der Waals surface area contributed by atoms with Crippen molar-refractivity contribution in [2.24, 2.45) is 0 Å². The molecule has 3 rings (SSSR count). The average Bonchev–Trinajstić information content (AvgIpc) is 2.59. The molecule has 3 N–H and O–H groups in total. The number of hydrogen-bond acceptors (Lipinski definition) is 4. The maximum Gasteiger partial charge on any atom is 0.193 e. The molecule has 2 aromatic heterocycles. The normalized spacial score (nSPS) is 11.3. The number of hydrogen-bond donors (Lipinski definition) is 2. The van der Waals surface area contributed by atoms with Crippen LogP contribution in [-0.2, 0) is 0 Å². The molecule has 80 valence electrons. The van der Waals surface area contributed by atoms with E-state index in [1.807, 2.05) is 6.92 Å². The quantitative estimate of drug-likeness (QED) is 0.596. The minimum absolute atomic E-state index is 0.0898. The number of nitrogen functional groups attached to an aromatic ring is 1. The molecule has 16 heavy (non-hydrogen) atoms. The highest BCUT2D eigenvalue weighted by atomic mass is 16.5. The van der Waals surface area contributed by atoms with Crippen LogP contribution in [-0.4, -0.2) is 10.1 Å². The number of aromatic amines is 1. The van der Waals surface area contributed by atoms with Gasteiger partial charge in [-0.3, -0.25) is 4.79 Å². The van der Waals surface area contributed by atoms with E-state index in [4.69, 9.17) is 10.3 Å². The van der Waals surface area contributed by atoms with Crippen molar-refractivity contribution in [3.63, 3.8) is 0 Å². The number of aryl methyl sites for hydroxylation is 1. The van der Waals surface area contributed by atoms with Crippen molar-refractivity contribution in [3.8, 4) is 0 Å². The lowest BCUT2D eigenvalue weighted by Crippen LogP contribution is -2.03. The Labute approximate surface area is 89.8 Å². The summed E-state index contributed by atoms with van der Waals surface area (Å²) >= 11 is 0. The molecule has 0 fully saturated rings. The van der Waals surface area contributed by atoms with E-state index in [1.165, 1.54) is 6.07 Å². The Hall–Kier alpha value is -2.30. The Morgan fingerprint density at radius 3 is 3.06 bits per heavy atom. The van der Waals surface area contributed by atoms with Crippen LogP contribution >= 0.6 is 0 Å². The van der Waals surface area contributed by atoms with Gasteiger partial charge in [-0.1, -0.05) is 5.16 Å². The van der Waals surface area contributed by atoms with E-state index in [1.54, 1.807) is 12.1 Å². The van der Waals surface area contributed by atoms with Gasteiger partial charge in [0.25, 0.3) is 0 Å². The third-order valence-electron chi connectivity index (χ3n) is 2.59. The van der Waals surface area contributed by atoms with Crippen LogP contribution < -0.4 is 11.2 Å². The van der Waals surface area contributed by atoms with Crippen LogP contribution in [0.5, 0.6) is 0 Å². The number of benzene rings is 1. The Morgan fingerprint density at radius 1 is 1.44 bits per heavy atom. The zero-order chi connectivity index (χ0) is 11.3. The van der Waals surface area contributed by atoms with Crippen LogP contribution in [0.15, 0.2) is 27.5 Å². The Balaban J connectivity index is 2.65. The average molecular weight is 215 g/mol. The third kappa shape index (κ3) is 1.05. The summed E-state index contributed by atoms with van der Waals surface area (Å²) in [6.45, 7) is 1.83. The van der Waals surface area contributed by atoms with E-state index < -0.39 is 0 Å². The maximum absolute atomic E-state index is 11.9. The van der Waals surface area contributed by atoms with Crippen molar-refractivity contribution >= 4 is 27.7 Å². The molecule has 2 heterocycles. The molecule has 5 nitrogen and oxygen atoms in total. The number of H-pyrrole nitrogens is 1. The molecule has 3 aromatic rings. The number of rotatable bonds is 0. The van der Waals surface area contributed by atoms with Crippen LogP contribution in [0, 0.1) is 6.92 Å². The molecule has 0 spiro atoms. The Kier molecular flexibility index (Phi) is 1.60. The molecule has 0 aliphatic carbocycles. The zero-order valence-electron chi connectivity index (χ0n) is 8.57. The molecule has 0 saturated heterocycles. The smallest absolute Gasteiger partial charge is 0.193 e. The van der Waals surface area contributed by atoms with Crippen LogP contribution in [0.3, 0.4) is 0 Å². The predicted octanol–water partition coefficient (Wildman–Crippen LogP) is 1.56. The fourth-order valence-electron chi connectivity index (χ4n) is 1.89. The molecule has 0 aliphatic rings. The van der Waals surface area contributed by atoms with Gasteiger partial charge in [0, 0.05) is 11.8 Å². The highest BCUT2D eigenvalue weighted by Gasteiger charge is 2.11. The number of anilines is 1. The van der Waals surface area contributed by atoms with Crippen molar-refractivity contribution in [2.75, 3.05) is 5.73 Å². The summed E-state index contributed by atoms with van der Waals surface area (Å²) in [5, 5.41) is 4.82. The molecule has 0 radical (unpaired) electrons. The maximum atomic E-state index is 11.9. The van der Waals surface area contributed by atoms with Gasteiger partial charge < -0.3 is 15.2 Å². The minimum Gasteiger partial charge on any atom is -0.380 e. The molecule has 0 unspecified atom stereocenters. The first-order chi connectivity index (χ1) is 7.66. The second-order valence-corrected chi connectivity index (χ2v) is 3.75. The van der Waals surface area contributed by atoms with E-state index >= 15 is 0 Å². The highest BCUT2D eigenvalue weighted by Crippen LogP contribution is 2.25. The number of nitrogens with one attached hydrogen (secondary N) is 1. The molecule has 0 atom stereocenters. The summed E-state index contributed by atoms with van der Waals surface area (Å²) in [5.41, 5.74) is 7.52. The minimum atomic E-state index is -0.0898. The first kappa shape index (κ1) is 8.96. The van der Waals surface area contributed by atoms with Gasteiger partial charge in [-0.25, -0.2) is 0 Å². The standard InChI is InChI=1S/C11H9N3O2/c1-5-4-8(15)9-7(13-5)3-2-6-10(9)16-14-11(6)12/h2-4H,1H3,(H2,12,14)(H,13,15). The lowest BCUT2D eigenvalue weighted by Gasteiger charge is -1.99. The van der Waals surface area contributed by atoms with Crippen LogP contribution in [0.25, 0.3) is 21.9 Å². The Morgan fingerprint density at radius 2 is 2.25 bits per heavy atom. The van der Waals surface area contributed by atoms with E-state index in [0.717, 1.165) is 11.2 Å². The molecule has 5 heteroatoms. The van der Waals surface area contributed by atoms with Gasteiger partial charge in [-0.15, -0.1) is 0 Å². The van der Waals surface area contributed by atoms with Crippen LogP contribution in [0.2, 0.25) is 0 Å². The van der Waals surface area contributed by atoms with Crippen LogP contribution in [0.1, 0.15) is 5.69 Å².